The summed E-state index contributed by atoms with van der Waals surface area (Å²) in [7, 11) is 0. The van der Waals surface area contributed by atoms with Crippen molar-refractivity contribution in [1.29, 1.82) is 0 Å². The Bertz CT molecular complexity index is 1540. The molecule has 2 amide bonds. The van der Waals surface area contributed by atoms with Crippen molar-refractivity contribution in [2.45, 2.75) is 61.6 Å². The third-order valence-electron chi connectivity index (χ3n) is 7.51. The Labute approximate surface area is 260 Å². The van der Waals surface area contributed by atoms with E-state index in [0.717, 1.165) is 11.1 Å². The normalized spacial score (nSPS) is 21.8. The van der Waals surface area contributed by atoms with Crippen LogP contribution in [0.2, 0.25) is 0 Å². The Morgan fingerprint density at radius 2 is 1.82 bits per heavy atom. The molecular weight excluding hydrogens is 615 g/mol. The molecule has 3 heterocycles. The summed E-state index contributed by atoms with van der Waals surface area (Å²) in [5.74, 6) is -3.51. The quantitative estimate of drug-likeness (QED) is 0.271. The molecule has 2 fully saturated rings. The number of aromatic carboxylic acids is 1. The van der Waals surface area contributed by atoms with Crippen LogP contribution < -0.4 is 5.32 Å². The molecule has 10 nitrogen and oxygen atoms in total. The van der Waals surface area contributed by atoms with Crippen molar-refractivity contribution < 1.29 is 47.2 Å². The molecule has 0 radical (unpaired) electrons. The highest BCUT2D eigenvalue weighted by molar-refractivity contribution is 7.99. The summed E-state index contributed by atoms with van der Waals surface area (Å²) < 4.78 is 51.8. The molecule has 2 aliphatic heterocycles. The van der Waals surface area contributed by atoms with Gasteiger partial charge in [-0.3, -0.25) is 9.59 Å². The van der Waals surface area contributed by atoms with Crippen LogP contribution >= 0.6 is 11.8 Å². The molecule has 238 valence electrons. The number of rotatable bonds is 9. The van der Waals surface area contributed by atoms with Gasteiger partial charge in [0.2, 0.25) is 5.91 Å². The molecule has 0 bridgehead atoms. The van der Waals surface area contributed by atoms with E-state index in [1.807, 2.05) is 12.1 Å². The second kappa shape index (κ2) is 14.0. The summed E-state index contributed by atoms with van der Waals surface area (Å²) in [6.45, 7) is -0.277. The number of thioether (sulfide) groups is 1. The average molecular weight is 646 g/mol. The van der Waals surface area contributed by atoms with Crippen molar-refractivity contribution >= 4 is 35.2 Å². The fraction of sp³-hybridized carbons (Fsp3) is 0.355. The van der Waals surface area contributed by atoms with Crippen LogP contribution in [0.3, 0.4) is 0 Å². The lowest BCUT2D eigenvalue weighted by Crippen LogP contribution is -2.48. The molecule has 0 unspecified atom stereocenters. The molecule has 5 rings (SSSR count). The smallest absolute Gasteiger partial charge is 0.471 e. The molecule has 3 aromatic rings. The zero-order valence-electron chi connectivity index (χ0n) is 23.8. The summed E-state index contributed by atoms with van der Waals surface area (Å²) in [6.07, 6.45) is -4.53. The Hall–Kier alpha value is -3.98. The summed E-state index contributed by atoms with van der Waals surface area (Å²) in [5.41, 5.74) is 2.45. The topological polar surface area (TPSA) is 138 Å². The minimum absolute atomic E-state index is 0.0726. The number of aliphatic hydroxyl groups is 1. The molecule has 2 saturated heterocycles. The number of likely N-dealkylation sites (tertiary alicyclic amines) is 1. The van der Waals surface area contributed by atoms with Crippen LogP contribution in [0.4, 0.5) is 18.9 Å². The molecule has 3 N–H and O–H groups in total. The maximum absolute atomic E-state index is 13.1. The fourth-order valence-electron chi connectivity index (χ4n) is 5.30. The van der Waals surface area contributed by atoms with E-state index in [1.165, 1.54) is 24.0 Å². The number of carbonyl (C=O) groups excluding carboxylic acids is 2. The predicted octanol–water partition coefficient (Wildman–Crippen LogP) is 5.10. The third-order valence-corrected chi connectivity index (χ3v) is 8.64. The Kier molecular flexibility index (Phi) is 10.1. The molecule has 0 aliphatic carbocycles. The molecule has 0 spiro atoms. The van der Waals surface area contributed by atoms with Gasteiger partial charge in [0.1, 0.15) is 11.1 Å². The second-order valence-electron chi connectivity index (χ2n) is 10.6. The highest BCUT2D eigenvalue weighted by atomic mass is 32.2. The van der Waals surface area contributed by atoms with Gasteiger partial charge in [0.25, 0.3) is 0 Å². The minimum atomic E-state index is -5.08. The molecule has 0 saturated carbocycles. The number of ether oxygens (including phenoxy) is 2. The zero-order chi connectivity index (χ0) is 32.1. The van der Waals surface area contributed by atoms with Crippen LogP contribution in [0.1, 0.15) is 58.7 Å². The van der Waals surface area contributed by atoms with Crippen molar-refractivity contribution in [3.63, 3.8) is 0 Å². The van der Waals surface area contributed by atoms with Crippen LogP contribution in [0.25, 0.3) is 0 Å². The van der Waals surface area contributed by atoms with Crippen LogP contribution in [-0.4, -0.2) is 68.5 Å². The largest absolute Gasteiger partial charge is 0.478 e. The Morgan fingerprint density at radius 3 is 2.53 bits per heavy atom. The first kappa shape index (κ1) is 32.4. The van der Waals surface area contributed by atoms with E-state index in [2.05, 4.69) is 10.3 Å². The SMILES string of the molecule is O=C(O)c1cccnc1SC[C@H]1C[C@@H](c2ccc(CO)cc2)O[C@@H](c2cccc(NC(=O)[C@@H]3CCCN3C(=O)C(F)(F)F)c2)O1. The van der Waals surface area contributed by atoms with Gasteiger partial charge in [-0.05, 0) is 48.2 Å². The lowest BCUT2D eigenvalue weighted by atomic mass is 10.0. The molecule has 14 heteroatoms. The molecule has 45 heavy (non-hydrogen) atoms. The number of pyridine rings is 1. The molecule has 2 aliphatic rings. The number of anilines is 1. The van der Waals surface area contributed by atoms with Crippen molar-refractivity contribution in [3.05, 3.63) is 89.1 Å². The van der Waals surface area contributed by atoms with E-state index in [-0.39, 0.29) is 37.2 Å². The van der Waals surface area contributed by atoms with Gasteiger partial charge in [0.15, 0.2) is 6.29 Å². The number of benzene rings is 2. The predicted molar refractivity (Wildman–Crippen MR) is 156 cm³/mol. The van der Waals surface area contributed by atoms with E-state index in [4.69, 9.17) is 9.47 Å². The number of nitrogens with zero attached hydrogens (tertiary/aromatic N) is 2. The van der Waals surface area contributed by atoms with E-state index in [0.29, 0.717) is 27.7 Å². The maximum atomic E-state index is 13.1. The van der Waals surface area contributed by atoms with E-state index < -0.39 is 48.5 Å². The minimum Gasteiger partial charge on any atom is -0.478 e. The van der Waals surface area contributed by atoms with Crippen molar-refractivity contribution in [3.8, 4) is 0 Å². The average Bonchev–Trinajstić information content (AvgIpc) is 3.53. The van der Waals surface area contributed by atoms with Gasteiger partial charge in [-0.1, -0.05) is 36.4 Å². The van der Waals surface area contributed by atoms with Gasteiger partial charge in [0, 0.05) is 36.2 Å². The number of amides is 2. The summed E-state index contributed by atoms with van der Waals surface area (Å²) in [4.78, 5) is 41.2. The lowest BCUT2D eigenvalue weighted by molar-refractivity contribution is -0.245. The summed E-state index contributed by atoms with van der Waals surface area (Å²) in [6, 6.07) is 15.5. The first-order chi connectivity index (χ1) is 21.5. The zero-order valence-corrected chi connectivity index (χ0v) is 24.6. The summed E-state index contributed by atoms with van der Waals surface area (Å²) >= 11 is 1.24. The van der Waals surface area contributed by atoms with E-state index >= 15 is 0 Å². The number of aromatic nitrogens is 1. The maximum Gasteiger partial charge on any atom is 0.471 e. The number of halogens is 3. The molecule has 1 aromatic heterocycles. The molecular formula is C31H30F3N3O7S. The van der Waals surface area contributed by atoms with Crippen LogP contribution in [0.5, 0.6) is 0 Å². The van der Waals surface area contributed by atoms with Gasteiger partial charge in [0.05, 0.1) is 24.4 Å². The number of nitrogens with one attached hydrogen (secondary N) is 1. The van der Waals surface area contributed by atoms with Crippen molar-refractivity contribution in [2.24, 2.45) is 0 Å². The number of alkyl halides is 3. The number of carbonyl (C=O) groups is 3. The fourth-order valence-corrected chi connectivity index (χ4v) is 6.30. The monoisotopic (exact) mass is 645 g/mol. The first-order valence-corrected chi connectivity index (χ1v) is 15.1. The third kappa shape index (κ3) is 7.82. The highest BCUT2D eigenvalue weighted by Gasteiger charge is 2.47. The van der Waals surface area contributed by atoms with Crippen LogP contribution in [-0.2, 0) is 25.7 Å². The Morgan fingerprint density at radius 1 is 1.04 bits per heavy atom. The first-order valence-electron chi connectivity index (χ1n) is 14.1. The van der Waals surface area contributed by atoms with E-state index in [1.54, 1.807) is 42.5 Å². The van der Waals surface area contributed by atoms with Gasteiger partial charge in [-0.15, -0.1) is 11.8 Å². The van der Waals surface area contributed by atoms with E-state index in [9.17, 15) is 37.8 Å². The number of hydrogen-bond donors (Lipinski definition) is 3. The van der Waals surface area contributed by atoms with Gasteiger partial charge in [-0.2, -0.15) is 13.2 Å². The van der Waals surface area contributed by atoms with Crippen LogP contribution in [0, 0.1) is 0 Å². The standard InChI is InChI=1S/C31H30F3N3O7S/c32-31(33,34)30(42)37-13-3-7-24(37)26(39)36-21-5-1-4-20(14-21)29-43-22(17-45-27-23(28(40)41)6-2-12-35-27)15-25(44-29)19-10-8-18(16-38)9-11-19/h1-2,4-6,8-12,14,22,24-25,29,38H,3,7,13,15-17H2,(H,36,39)(H,40,41)/t22-,24+,25+,29+/m1/s1. The van der Waals surface area contributed by atoms with Gasteiger partial charge >= 0.3 is 18.1 Å². The molecule has 4 atom stereocenters. The van der Waals surface area contributed by atoms with Gasteiger partial charge in [-0.25, -0.2) is 9.78 Å². The van der Waals surface area contributed by atoms with Crippen LogP contribution in [0.15, 0.2) is 71.9 Å². The van der Waals surface area contributed by atoms with Crippen molar-refractivity contribution in [1.82, 2.24) is 9.88 Å². The van der Waals surface area contributed by atoms with Crippen molar-refractivity contribution in [2.75, 3.05) is 17.6 Å². The number of carboxylic acid groups (broad SMARTS) is 1. The van der Waals surface area contributed by atoms with Gasteiger partial charge < -0.3 is 29.9 Å². The number of aliphatic hydroxyl groups excluding tert-OH is 1. The highest BCUT2D eigenvalue weighted by Crippen LogP contribution is 2.40. The number of carboxylic acids is 1. The lowest BCUT2D eigenvalue weighted by Gasteiger charge is -2.36. The second-order valence-corrected chi connectivity index (χ2v) is 11.6. The Balaban J connectivity index is 1.34. The molecule has 2 aromatic carbocycles. The summed E-state index contributed by atoms with van der Waals surface area (Å²) in [5, 5.41) is 22.0. The number of hydrogen-bond acceptors (Lipinski definition) is 8.